The summed E-state index contributed by atoms with van der Waals surface area (Å²) in [6.45, 7) is 4.07. The zero-order chi connectivity index (χ0) is 29.0. The van der Waals surface area contributed by atoms with Crippen molar-refractivity contribution in [2.24, 2.45) is 0 Å². The van der Waals surface area contributed by atoms with E-state index in [2.05, 4.69) is 51.5 Å². The van der Waals surface area contributed by atoms with Gasteiger partial charge >= 0.3 is 6.01 Å². The van der Waals surface area contributed by atoms with Crippen LogP contribution in [0, 0.1) is 0 Å². The van der Waals surface area contributed by atoms with E-state index in [4.69, 9.17) is 24.2 Å². The Balaban J connectivity index is 1.13. The molecule has 2 bridgehead atoms. The molecule has 43 heavy (non-hydrogen) atoms. The number of halogens is 1. The maximum Gasteiger partial charge on any atom is 0.318 e. The van der Waals surface area contributed by atoms with E-state index >= 15 is 0 Å². The number of fused-ring (bicyclic) bond motifs is 5. The highest BCUT2D eigenvalue weighted by atomic mass is 19.1. The molecule has 0 radical (unpaired) electrons. The molecule has 0 amide bonds. The first-order valence-electron chi connectivity index (χ1n) is 16.1. The number of methoxy groups -OCH3 is 1. The van der Waals surface area contributed by atoms with Crippen molar-refractivity contribution < 1.29 is 18.6 Å². The van der Waals surface area contributed by atoms with Gasteiger partial charge in [0.05, 0.1) is 11.2 Å². The van der Waals surface area contributed by atoms with Crippen LogP contribution in [0.2, 0.25) is 0 Å². The van der Waals surface area contributed by atoms with Crippen LogP contribution in [0.1, 0.15) is 61.3 Å². The van der Waals surface area contributed by atoms with Gasteiger partial charge in [-0.25, -0.2) is 4.39 Å². The van der Waals surface area contributed by atoms with Gasteiger partial charge in [0.15, 0.2) is 6.79 Å². The Kier molecular flexibility index (Phi) is 7.15. The van der Waals surface area contributed by atoms with Crippen molar-refractivity contribution in [3.8, 4) is 11.8 Å². The number of nitrogens with one attached hydrogen (secondary N) is 1. The molecule has 5 heterocycles. The van der Waals surface area contributed by atoms with Crippen molar-refractivity contribution in [1.29, 1.82) is 0 Å². The number of rotatable bonds is 8. The standard InChI is InChI=1S/C34H42FN5O3/c1-41-21-43-27-13-22-5-2-3-6-28(22)30(15-27)23-7-10-29-31(14-23)37-33(38-32(29)39-18-25-8-9-26(19-39)36-25)42-20-34-11-4-12-40(34)17-24(35)16-34/h2-3,5-6,13,15,23-26,36H,4,7-12,14,16-21H2,1H3/t23?,24-,25?,26?,34+/m1/s1. The normalized spacial score (nSPS) is 30.0. The topological polar surface area (TPSA) is 72.0 Å². The molecule has 3 aromatic rings. The van der Waals surface area contributed by atoms with Crippen molar-refractivity contribution in [3.05, 3.63) is 53.2 Å². The van der Waals surface area contributed by atoms with E-state index < -0.39 is 6.17 Å². The molecule has 2 aromatic carbocycles. The van der Waals surface area contributed by atoms with Gasteiger partial charge in [0, 0.05) is 50.8 Å². The van der Waals surface area contributed by atoms with Gasteiger partial charge in [0.25, 0.3) is 0 Å². The van der Waals surface area contributed by atoms with Crippen molar-refractivity contribution in [1.82, 2.24) is 20.2 Å². The van der Waals surface area contributed by atoms with E-state index in [1.807, 2.05) is 0 Å². The summed E-state index contributed by atoms with van der Waals surface area (Å²) in [7, 11) is 1.65. The Bertz CT molecular complexity index is 1490. The molecule has 8 nitrogen and oxygen atoms in total. The number of anilines is 1. The summed E-state index contributed by atoms with van der Waals surface area (Å²) in [5.41, 5.74) is 3.42. The first-order chi connectivity index (χ1) is 21.1. The molecule has 3 unspecified atom stereocenters. The van der Waals surface area contributed by atoms with E-state index in [9.17, 15) is 4.39 Å². The fourth-order valence-electron chi connectivity index (χ4n) is 8.64. The number of alkyl halides is 1. The third-order valence-corrected chi connectivity index (χ3v) is 10.6. The summed E-state index contributed by atoms with van der Waals surface area (Å²) in [6, 6.07) is 14.3. The van der Waals surface area contributed by atoms with Crippen molar-refractivity contribution in [3.63, 3.8) is 0 Å². The predicted octanol–water partition coefficient (Wildman–Crippen LogP) is 4.78. The zero-order valence-electron chi connectivity index (χ0n) is 25.1. The van der Waals surface area contributed by atoms with Gasteiger partial charge in [-0.2, -0.15) is 9.97 Å². The third-order valence-electron chi connectivity index (χ3n) is 10.6. The number of benzene rings is 2. The van der Waals surface area contributed by atoms with Crippen molar-refractivity contribution in [2.75, 3.05) is 51.6 Å². The fraction of sp³-hybridized carbons (Fsp3) is 0.588. The molecular weight excluding hydrogens is 545 g/mol. The summed E-state index contributed by atoms with van der Waals surface area (Å²) in [4.78, 5) is 15.0. The highest BCUT2D eigenvalue weighted by Gasteiger charge is 2.49. The van der Waals surface area contributed by atoms with E-state index in [1.165, 1.54) is 34.7 Å². The number of aromatic nitrogens is 2. The van der Waals surface area contributed by atoms with Crippen LogP contribution in [0.15, 0.2) is 36.4 Å². The molecule has 0 saturated carbocycles. The number of ether oxygens (including phenoxy) is 3. The Morgan fingerprint density at radius 1 is 1.05 bits per heavy atom. The van der Waals surface area contributed by atoms with Gasteiger partial charge in [0.1, 0.15) is 24.3 Å². The number of hydrogen-bond acceptors (Lipinski definition) is 8. The Hall–Kier alpha value is -3.01. The lowest BCUT2D eigenvalue weighted by Gasteiger charge is -2.37. The largest absolute Gasteiger partial charge is 0.468 e. The molecule has 4 saturated heterocycles. The average Bonchev–Trinajstić information content (AvgIpc) is 3.67. The van der Waals surface area contributed by atoms with E-state index in [0.29, 0.717) is 43.6 Å². The predicted molar refractivity (Wildman–Crippen MR) is 164 cm³/mol. The van der Waals surface area contributed by atoms with Gasteiger partial charge in [-0.3, -0.25) is 4.90 Å². The molecule has 228 valence electrons. The van der Waals surface area contributed by atoms with Gasteiger partial charge in [0.2, 0.25) is 0 Å². The SMILES string of the molecule is COCOc1cc(C2CCc3c(nc(OC[C@@]45CCCN4C[C@H](F)C5)nc3N3CC4CCC(C3)N4)C2)c2ccccc2c1. The maximum atomic E-state index is 14.5. The van der Waals surface area contributed by atoms with Crippen LogP contribution < -0.4 is 19.7 Å². The first kappa shape index (κ1) is 27.5. The molecule has 1 N–H and O–H groups in total. The first-order valence-corrected chi connectivity index (χ1v) is 16.1. The second-order valence-electron chi connectivity index (χ2n) is 13.4. The Labute approximate surface area is 252 Å². The molecule has 4 fully saturated rings. The van der Waals surface area contributed by atoms with Crippen molar-refractivity contribution >= 4 is 16.6 Å². The molecular formula is C34H42FN5O3. The van der Waals surface area contributed by atoms with Crippen molar-refractivity contribution in [2.45, 2.75) is 81.1 Å². The monoisotopic (exact) mass is 587 g/mol. The minimum Gasteiger partial charge on any atom is -0.468 e. The second-order valence-corrected chi connectivity index (χ2v) is 13.4. The Morgan fingerprint density at radius 2 is 1.91 bits per heavy atom. The Morgan fingerprint density at radius 3 is 2.77 bits per heavy atom. The smallest absolute Gasteiger partial charge is 0.318 e. The summed E-state index contributed by atoms with van der Waals surface area (Å²) in [6.07, 6.45) is 7.05. The van der Waals surface area contributed by atoms with E-state index in [0.717, 1.165) is 69.0 Å². The second kappa shape index (κ2) is 11.2. The van der Waals surface area contributed by atoms with Crippen LogP contribution in [0.4, 0.5) is 10.2 Å². The maximum absolute atomic E-state index is 14.5. The van der Waals surface area contributed by atoms with Gasteiger partial charge in [-0.1, -0.05) is 24.3 Å². The van der Waals surface area contributed by atoms with Crippen LogP contribution in [-0.4, -0.2) is 85.4 Å². The summed E-state index contributed by atoms with van der Waals surface area (Å²) in [5.74, 6) is 2.17. The molecule has 8 rings (SSSR count). The average molecular weight is 588 g/mol. The van der Waals surface area contributed by atoms with Crippen LogP contribution in [0.3, 0.4) is 0 Å². The van der Waals surface area contributed by atoms with Crippen LogP contribution in [-0.2, 0) is 17.6 Å². The highest BCUT2D eigenvalue weighted by molar-refractivity contribution is 5.87. The molecule has 5 aliphatic rings. The van der Waals surface area contributed by atoms with Crippen LogP contribution >= 0.6 is 0 Å². The quantitative estimate of drug-likeness (QED) is 0.378. The van der Waals surface area contributed by atoms with Gasteiger partial charge < -0.3 is 24.4 Å². The van der Waals surface area contributed by atoms with Gasteiger partial charge in [-0.15, -0.1) is 0 Å². The zero-order valence-corrected chi connectivity index (χ0v) is 25.1. The third kappa shape index (κ3) is 5.13. The summed E-state index contributed by atoms with van der Waals surface area (Å²) < 4.78 is 32.1. The number of hydrogen-bond donors (Lipinski definition) is 1. The number of nitrogens with zero attached hydrogens (tertiary/aromatic N) is 4. The fourth-order valence-corrected chi connectivity index (χ4v) is 8.64. The minimum atomic E-state index is -0.778. The van der Waals surface area contributed by atoms with Crippen LogP contribution in [0.25, 0.3) is 10.8 Å². The molecule has 5 atom stereocenters. The number of piperazine rings is 1. The molecule has 4 aliphatic heterocycles. The van der Waals surface area contributed by atoms with E-state index in [1.54, 1.807) is 7.11 Å². The lowest BCUT2D eigenvalue weighted by atomic mass is 9.80. The summed E-state index contributed by atoms with van der Waals surface area (Å²) >= 11 is 0. The molecule has 1 aromatic heterocycles. The highest BCUT2D eigenvalue weighted by Crippen LogP contribution is 2.43. The minimum absolute atomic E-state index is 0.220. The molecule has 0 spiro atoms. The lowest BCUT2D eigenvalue weighted by Crippen LogP contribution is -2.51. The van der Waals surface area contributed by atoms with Gasteiger partial charge in [-0.05, 0) is 85.9 Å². The lowest BCUT2D eigenvalue weighted by molar-refractivity contribution is 0.0511. The summed E-state index contributed by atoms with van der Waals surface area (Å²) in [5, 5.41) is 6.19. The molecule has 9 heteroatoms. The molecule has 1 aliphatic carbocycles. The van der Waals surface area contributed by atoms with Crippen LogP contribution in [0.5, 0.6) is 11.8 Å². The van der Waals surface area contributed by atoms with E-state index in [-0.39, 0.29) is 12.3 Å².